The summed E-state index contributed by atoms with van der Waals surface area (Å²) in [6.07, 6.45) is 3.31. The predicted octanol–water partition coefficient (Wildman–Crippen LogP) is 3.93. The third-order valence-electron chi connectivity index (χ3n) is 6.99. The van der Waals surface area contributed by atoms with Crippen molar-refractivity contribution < 1.29 is 14.8 Å². The monoisotopic (exact) mass is 491 g/mol. The molecule has 2 heterocycles. The summed E-state index contributed by atoms with van der Waals surface area (Å²) in [7, 11) is 0. The Morgan fingerprint density at radius 2 is 1.83 bits per heavy atom. The molecule has 0 saturated carbocycles. The first-order chi connectivity index (χ1) is 17.4. The molecule has 36 heavy (non-hydrogen) atoms. The maximum Gasteiger partial charge on any atom is 0.251 e. The molecule has 0 radical (unpaired) electrons. The maximum atomic E-state index is 13.0. The molecular formula is C28H37N5O3. The Kier molecular flexibility index (Phi) is 8.38. The number of unbranched alkanes of at least 4 members (excludes halogenated alkanes) is 2. The Morgan fingerprint density at radius 3 is 2.53 bits per heavy atom. The number of hydrogen-bond acceptors (Lipinski definition) is 5. The number of amides is 2. The minimum absolute atomic E-state index is 0.214. The number of nitrogens with zero attached hydrogens (tertiary/aromatic N) is 3. The number of aromatic nitrogens is 2. The molecule has 2 aromatic carbocycles. The molecular weight excluding hydrogens is 454 g/mol. The van der Waals surface area contributed by atoms with Crippen LogP contribution in [0.15, 0.2) is 48.5 Å². The van der Waals surface area contributed by atoms with Crippen molar-refractivity contribution in [1.82, 2.24) is 25.2 Å². The smallest absolute Gasteiger partial charge is 0.251 e. The normalized spacial score (nSPS) is 18.1. The van der Waals surface area contributed by atoms with Gasteiger partial charge in [-0.2, -0.15) is 0 Å². The summed E-state index contributed by atoms with van der Waals surface area (Å²) in [6, 6.07) is 15.4. The number of nitrogens with one attached hydrogen (secondary N) is 2. The summed E-state index contributed by atoms with van der Waals surface area (Å²) >= 11 is 0. The van der Waals surface area contributed by atoms with E-state index >= 15 is 0 Å². The number of para-hydroxylation sites is 2. The highest BCUT2D eigenvalue weighted by Crippen LogP contribution is 2.23. The Balaban J connectivity index is 1.44. The van der Waals surface area contributed by atoms with Crippen LogP contribution in [0.3, 0.4) is 0 Å². The van der Waals surface area contributed by atoms with Gasteiger partial charge in [0.1, 0.15) is 5.82 Å². The fourth-order valence-electron chi connectivity index (χ4n) is 5.05. The summed E-state index contributed by atoms with van der Waals surface area (Å²) in [6.45, 7) is 9.11. The van der Waals surface area contributed by atoms with Crippen molar-refractivity contribution in [2.45, 2.75) is 58.5 Å². The molecule has 0 unspecified atom stereocenters. The van der Waals surface area contributed by atoms with E-state index in [1.54, 1.807) is 5.48 Å². The van der Waals surface area contributed by atoms with Gasteiger partial charge in [0.25, 0.3) is 5.91 Å². The van der Waals surface area contributed by atoms with Gasteiger partial charge in [-0.3, -0.25) is 14.8 Å². The van der Waals surface area contributed by atoms with Crippen LogP contribution in [0.4, 0.5) is 0 Å². The molecule has 1 fully saturated rings. The van der Waals surface area contributed by atoms with Crippen LogP contribution in [0.25, 0.3) is 11.0 Å². The molecule has 4 rings (SSSR count). The number of carbonyl (C=O) groups excluding carboxylic acids is 2. The van der Waals surface area contributed by atoms with Crippen LogP contribution >= 0.6 is 0 Å². The fourth-order valence-corrected chi connectivity index (χ4v) is 5.05. The number of hydrogen-bond donors (Lipinski definition) is 3. The lowest BCUT2D eigenvalue weighted by Gasteiger charge is -2.18. The highest BCUT2D eigenvalue weighted by molar-refractivity contribution is 5.95. The summed E-state index contributed by atoms with van der Waals surface area (Å²) in [4.78, 5) is 32.3. The Bertz CT molecular complexity index is 1190. The minimum atomic E-state index is -0.483. The molecule has 1 aliphatic heterocycles. The predicted molar refractivity (Wildman–Crippen MR) is 140 cm³/mol. The van der Waals surface area contributed by atoms with E-state index in [-0.39, 0.29) is 11.9 Å². The zero-order valence-corrected chi connectivity index (χ0v) is 21.4. The second-order valence-corrected chi connectivity index (χ2v) is 10.0. The molecule has 3 N–H and O–H groups in total. The highest BCUT2D eigenvalue weighted by Gasteiger charge is 2.38. The van der Waals surface area contributed by atoms with E-state index in [1.807, 2.05) is 42.5 Å². The lowest BCUT2D eigenvalue weighted by Crippen LogP contribution is -2.45. The summed E-state index contributed by atoms with van der Waals surface area (Å²) < 4.78 is 2.23. The number of likely N-dealkylation sites (tertiary alicyclic amines) is 1. The number of rotatable bonds is 10. The third-order valence-corrected chi connectivity index (χ3v) is 6.99. The minimum Gasteiger partial charge on any atom is -0.347 e. The molecule has 8 heteroatoms. The number of fused-ring (bicyclic) bond motifs is 1. The highest BCUT2D eigenvalue weighted by atomic mass is 16.5. The number of carbonyl (C=O) groups is 2. The molecule has 0 aliphatic carbocycles. The van der Waals surface area contributed by atoms with Crippen molar-refractivity contribution in [2.75, 3.05) is 19.6 Å². The zero-order chi connectivity index (χ0) is 25.7. The van der Waals surface area contributed by atoms with E-state index < -0.39 is 11.8 Å². The zero-order valence-electron chi connectivity index (χ0n) is 21.4. The molecule has 2 atom stereocenters. The Morgan fingerprint density at radius 1 is 1.08 bits per heavy atom. The van der Waals surface area contributed by atoms with E-state index in [4.69, 9.17) is 4.98 Å². The van der Waals surface area contributed by atoms with Crippen LogP contribution in [0.5, 0.6) is 0 Å². The maximum absolute atomic E-state index is 13.0. The van der Waals surface area contributed by atoms with E-state index in [0.29, 0.717) is 31.1 Å². The van der Waals surface area contributed by atoms with Crippen LogP contribution in [0.2, 0.25) is 0 Å². The second kappa shape index (κ2) is 11.7. The molecule has 2 amide bonds. The first kappa shape index (κ1) is 25.9. The van der Waals surface area contributed by atoms with E-state index in [2.05, 4.69) is 41.6 Å². The van der Waals surface area contributed by atoms with Crippen LogP contribution in [-0.4, -0.2) is 57.1 Å². The van der Waals surface area contributed by atoms with Crippen LogP contribution in [0, 0.1) is 5.92 Å². The molecule has 3 aromatic rings. The molecule has 0 bridgehead atoms. The van der Waals surface area contributed by atoms with Crippen LogP contribution in [-0.2, 0) is 11.3 Å². The van der Waals surface area contributed by atoms with Gasteiger partial charge in [-0.25, -0.2) is 10.5 Å². The number of hydroxylamine groups is 1. The molecule has 192 valence electrons. The molecule has 8 nitrogen and oxygen atoms in total. The van der Waals surface area contributed by atoms with Crippen molar-refractivity contribution >= 4 is 22.8 Å². The molecule has 1 aromatic heterocycles. The quantitative estimate of drug-likeness (QED) is 0.227. The first-order valence-electron chi connectivity index (χ1n) is 12.9. The SMILES string of the molecule is CCCCCN1C[C@H](C(=O)NO)[C@H](NC(=O)c2ccc(Cn3c(C(C)C)nc4ccccc43)cc2)C1. The summed E-state index contributed by atoms with van der Waals surface area (Å²) in [5.41, 5.74) is 5.48. The van der Waals surface area contributed by atoms with Gasteiger partial charge >= 0.3 is 0 Å². The van der Waals surface area contributed by atoms with E-state index in [9.17, 15) is 14.8 Å². The van der Waals surface area contributed by atoms with E-state index in [0.717, 1.165) is 48.2 Å². The van der Waals surface area contributed by atoms with Crippen molar-refractivity contribution in [2.24, 2.45) is 5.92 Å². The van der Waals surface area contributed by atoms with Crippen molar-refractivity contribution in [1.29, 1.82) is 0 Å². The average Bonchev–Trinajstić information content (AvgIpc) is 3.45. The molecule has 1 aliphatic rings. The fraction of sp³-hybridized carbons (Fsp3) is 0.464. The standard InChI is InChI=1S/C28H37N5O3/c1-4-5-8-15-32-17-22(28(35)31-36)24(18-32)30-27(34)21-13-11-20(12-14-21)16-33-25-10-7-6-9-23(25)29-26(33)19(2)3/h6-7,9-14,19,22,24,36H,4-5,8,15-18H2,1-3H3,(H,30,34)(H,31,35)/t22-,24+/m0/s1. The summed E-state index contributed by atoms with van der Waals surface area (Å²) in [5, 5.41) is 12.2. The lowest BCUT2D eigenvalue weighted by molar-refractivity contribution is -0.133. The van der Waals surface area contributed by atoms with Crippen LogP contribution < -0.4 is 10.8 Å². The van der Waals surface area contributed by atoms with Gasteiger partial charge in [-0.15, -0.1) is 0 Å². The molecule has 0 spiro atoms. The molecule has 1 saturated heterocycles. The van der Waals surface area contributed by atoms with E-state index in [1.165, 1.54) is 0 Å². The van der Waals surface area contributed by atoms with Crippen molar-refractivity contribution in [3.63, 3.8) is 0 Å². The number of imidazole rings is 1. The topological polar surface area (TPSA) is 99.5 Å². The van der Waals surface area contributed by atoms with Gasteiger partial charge in [0.05, 0.1) is 23.0 Å². The van der Waals surface area contributed by atoms with Gasteiger partial charge in [0.15, 0.2) is 0 Å². The van der Waals surface area contributed by atoms with Gasteiger partial charge < -0.3 is 14.8 Å². The first-order valence-corrected chi connectivity index (χ1v) is 12.9. The van der Waals surface area contributed by atoms with Gasteiger partial charge in [-0.1, -0.05) is 57.9 Å². The third kappa shape index (κ3) is 5.77. The Labute approximate surface area is 212 Å². The van der Waals surface area contributed by atoms with Crippen molar-refractivity contribution in [3.8, 4) is 0 Å². The van der Waals surface area contributed by atoms with Gasteiger partial charge in [0, 0.05) is 31.1 Å². The number of benzene rings is 2. The van der Waals surface area contributed by atoms with Gasteiger partial charge in [-0.05, 0) is 42.8 Å². The van der Waals surface area contributed by atoms with Crippen molar-refractivity contribution in [3.05, 3.63) is 65.5 Å². The van der Waals surface area contributed by atoms with Gasteiger partial charge in [0.2, 0.25) is 5.91 Å². The summed E-state index contributed by atoms with van der Waals surface area (Å²) in [5.74, 6) is 0.176. The average molecular weight is 492 g/mol. The lowest BCUT2D eigenvalue weighted by atomic mass is 10.0. The Hall–Kier alpha value is -3.23. The van der Waals surface area contributed by atoms with Crippen LogP contribution in [0.1, 0.15) is 67.7 Å². The second-order valence-electron chi connectivity index (χ2n) is 10.0. The largest absolute Gasteiger partial charge is 0.347 e.